The van der Waals surface area contributed by atoms with Gasteiger partial charge in [-0.25, -0.2) is 13.2 Å². The summed E-state index contributed by atoms with van der Waals surface area (Å²) < 4.78 is 40.4. The van der Waals surface area contributed by atoms with Crippen molar-refractivity contribution in [2.45, 2.75) is 13.0 Å². The molecule has 1 atom stereocenters. The molecule has 0 aliphatic carbocycles. The maximum Gasteiger partial charge on any atom is 0.128 e. The summed E-state index contributed by atoms with van der Waals surface area (Å²) in [4.78, 5) is 0. The molecule has 106 valence electrons. The lowest BCUT2D eigenvalue weighted by molar-refractivity contribution is 0.544. The minimum atomic E-state index is -0.635. The van der Waals surface area contributed by atoms with E-state index < -0.39 is 23.5 Å². The van der Waals surface area contributed by atoms with E-state index in [1.165, 1.54) is 12.1 Å². The van der Waals surface area contributed by atoms with E-state index in [4.69, 9.17) is 11.6 Å². The highest BCUT2D eigenvalue weighted by Crippen LogP contribution is 2.30. The van der Waals surface area contributed by atoms with E-state index in [0.29, 0.717) is 12.1 Å². The molecule has 0 bridgehead atoms. The molecule has 0 aliphatic heterocycles. The fourth-order valence-corrected chi connectivity index (χ4v) is 2.34. The van der Waals surface area contributed by atoms with Gasteiger partial charge < -0.3 is 5.32 Å². The first-order valence-electron chi connectivity index (χ1n) is 6.16. The predicted molar refractivity (Wildman–Crippen MR) is 73.3 cm³/mol. The van der Waals surface area contributed by atoms with Crippen molar-refractivity contribution in [2.75, 3.05) is 6.54 Å². The molecule has 0 heterocycles. The minimum absolute atomic E-state index is 0.139. The first-order valence-corrected chi connectivity index (χ1v) is 6.54. The Morgan fingerprint density at radius 3 is 2.30 bits per heavy atom. The Morgan fingerprint density at radius 1 is 1.00 bits per heavy atom. The summed E-state index contributed by atoms with van der Waals surface area (Å²) in [6.45, 7) is 2.36. The van der Waals surface area contributed by atoms with Crippen LogP contribution < -0.4 is 5.32 Å². The molecule has 2 aromatic carbocycles. The van der Waals surface area contributed by atoms with Gasteiger partial charge in [0.15, 0.2) is 0 Å². The van der Waals surface area contributed by atoms with Gasteiger partial charge in [-0.05, 0) is 42.4 Å². The van der Waals surface area contributed by atoms with Crippen LogP contribution in [0.25, 0.3) is 0 Å². The van der Waals surface area contributed by atoms with E-state index in [9.17, 15) is 13.2 Å². The molecule has 0 saturated heterocycles. The number of nitrogens with one attached hydrogen (secondary N) is 1. The summed E-state index contributed by atoms with van der Waals surface area (Å²) in [7, 11) is 0. The molecule has 1 unspecified atom stereocenters. The van der Waals surface area contributed by atoms with Gasteiger partial charge >= 0.3 is 0 Å². The van der Waals surface area contributed by atoms with Crippen molar-refractivity contribution in [3.63, 3.8) is 0 Å². The normalized spacial score (nSPS) is 12.4. The van der Waals surface area contributed by atoms with Gasteiger partial charge in [-0.3, -0.25) is 0 Å². The minimum Gasteiger partial charge on any atom is -0.306 e. The van der Waals surface area contributed by atoms with E-state index in [1.807, 2.05) is 6.92 Å². The molecule has 1 nitrogen and oxygen atoms in total. The van der Waals surface area contributed by atoms with Gasteiger partial charge in [0.2, 0.25) is 0 Å². The van der Waals surface area contributed by atoms with Crippen LogP contribution in [0.2, 0.25) is 5.02 Å². The van der Waals surface area contributed by atoms with Crippen LogP contribution in [0, 0.1) is 17.5 Å². The maximum absolute atomic E-state index is 13.9. The zero-order chi connectivity index (χ0) is 14.7. The molecule has 0 spiro atoms. The Kier molecular flexibility index (Phi) is 4.68. The molecule has 0 aliphatic rings. The number of benzene rings is 2. The monoisotopic (exact) mass is 299 g/mol. The molecule has 0 fully saturated rings. The Balaban J connectivity index is 2.53. The largest absolute Gasteiger partial charge is 0.306 e. The molecule has 2 rings (SSSR count). The molecule has 0 saturated carbocycles. The Hall–Kier alpha value is -1.52. The zero-order valence-corrected chi connectivity index (χ0v) is 11.5. The highest BCUT2D eigenvalue weighted by molar-refractivity contribution is 6.31. The Bertz CT molecular complexity index is 616. The van der Waals surface area contributed by atoms with Crippen LogP contribution in [0.4, 0.5) is 13.2 Å². The fourth-order valence-electron chi connectivity index (χ4n) is 2.06. The van der Waals surface area contributed by atoms with Crippen molar-refractivity contribution >= 4 is 11.6 Å². The van der Waals surface area contributed by atoms with Gasteiger partial charge in [0.1, 0.15) is 17.5 Å². The molecule has 2 aromatic rings. The summed E-state index contributed by atoms with van der Waals surface area (Å²) in [5.41, 5.74) is 0.639. The van der Waals surface area contributed by atoms with E-state index in [2.05, 4.69) is 5.32 Å². The SMILES string of the molecule is CCNC(c1cc(F)ccc1F)c1ccc(F)cc1Cl. The summed E-state index contributed by atoms with van der Waals surface area (Å²) in [5, 5.41) is 3.20. The van der Waals surface area contributed by atoms with Crippen molar-refractivity contribution in [3.05, 3.63) is 70.0 Å². The molecule has 1 N–H and O–H groups in total. The van der Waals surface area contributed by atoms with E-state index in [0.717, 1.165) is 24.3 Å². The average molecular weight is 300 g/mol. The van der Waals surface area contributed by atoms with Gasteiger partial charge in [0, 0.05) is 10.6 Å². The molecular weight excluding hydrogens is 287 g/mol. The molecular formula is C15H13ClF3N. The molecule has 0 radical (unpaired) electrons. The Morgan fingerprint density at radius 2 is 1.65 bits per heavy atom. The van der Waals surface area contributed by atoms with Gasteiger partial charge in [0.25, 0.3) is 0 Å². The lowest BCUT2D eigenvalue weighted by Crippen LogP contribution is -2.23. The predicted octanol–water partition coefficient (Wildman–Crippen LogP) is 4.46. The van der Waals surface area contributed by atoms with Gasteiger partial charge in [-0.15, -0.1) is 0 Å². The average Bonchev–Trinajstić information content (AvgIpc) is 2.40. The van der Waals surface area contributed by atoms with Crippen molar-refractivity contribution < 1.29 is 13.2 Å². The van der Waals surface area contributed by atoms with E-state index >= 15 is 0 Å². The highest BCUT2D eigenvalue weighted by Gasteiger charge is 2.20. The molecule has 0 aromatic heterocycles. The molecule has 20 heavy (non-hydrogen) atoms. The second-order valence-corrected chi connectivity index (χ2v) is 4.73. The van der Waals surface area contributed by atoms with Crippen LogP contribution in [-0.4, -0.2) is 6.54 Å². The quantitative estimate of drug-likeness (QED) is 0.879. The molecule has 0 amide bonds. The second-order valence-electron chi connectivity index (χ2n) is 4.32. The summed E-state index contributed by atoms with van der Waals surface area (Å²) in [6.07, 6.45) is 0. The summed E-state index contributed by atoms with van der Waals surface area (Å²) >= 11 is 6.01. The van der Waals surface area contributed by atoms with Crippen LogP contribution in [-0.2, 0) is 0 Å². The van der Waals surface area contributed by atoms with Crippen molar-refractivity contribution in [3.8, 4) is 0 Å². The van der Waals surface area contributed by atoms with Crippen LogP contribution in [0.1, 0.15) is 24.1 Å². The van der Waals surface area contributed by atoms with Crippen LogP contribution in [0.5, 0.6) is 0 Å². The third-order valence-corrected chi connectivity index (χ3v) is 3.28. The Labute approximate surface area is 120 Å². The number of hydrogen-bond donors (Lipinski definition) is 1. The molecule has 5 heteroatoms. The topological polar surface area (TPSA) is 12.0 Å². The summed E-state index contributed by atoms with van der Waals surface area (Å²) in [5.74, 6) is -1.56. The highest BCUT2D eigenvalue weighted by atomic mass is 35.5. The smallest absolute Gasteiger partial charge is 0.128 e. The fraction of sp³-hybridized carbons (Fsp3) is 0.200. The third-order valence-electron chi connectivity index (χ3n) is 2.95. The standard InChI is InChI=1S/C15H13ClF3N/c1-2-20-15(11-5-3-10(18)8-13(11)16)12-7-9(17)4-6-14(12)19/h3-8,15,20H,2H2,1H3. The lowest BCUT2D eigenvalue weighted by Gasteiger charge is -2.20. The van der Waals surface area contributed by atoms with E-state index in [-0.39, 0.29) is 10.6 Å². The maximum atomic E-state index is 13.9. The van der Waals surface area contributed by atoms with Gasteiger partial charge in [-0.1, -0.05) is 24.6 Å². The number of rotatable bonds is 4. The van der Waals surface area contributed by atoms with Crippen LogP contribution >= 0.6 is 11.6 Å². The number of hydrogen-bond acceptors (Lipinski definition) is 1. The van der Waals surface area contributed by atoms with Crippen LogP contribution in [0.15, 0.2) is 36.4 Å². The number of halogens is 4. The van der Waals surface area contributed by atoms with Gasteiger partial charge in [-0.2, -0.15) is 0 Å². The lowest BCUT2D eigenvalue weighted by atomic mass is 9.98. The third kappa shape index (κ3) is 3.14. The summed E-state index contributed by atoms with van der Waals surface area (Å²) in [6, 6.07) is 6.45. The van der Waals surface area contributed by atoms with E-state index in [1.54, 1.807) is 0 Å². The second kappa shape index (κ2) is 6.29. The van der Waals surface area contributed by atoms with Gasteiger partial charge in [0.05, 0.1) is 6.04 Å². The van der Waals surface area contributed by atoms with Crippen LogP contribution in [0.3, 0.4) is 0 Å². The first-order chi connectivity index (χ1) is 9.52. The van der Waals surface area contributed by atoms with Crippen molar-refractivity contribution in [1.82, 2.24) is 5.32 Å². The van der Waals surface area contributed by atoms with Crippen molar-refractivity contribution in [1.29, 1.82) is 0 Å². The zero-order valence-electron chi connectivity index (χ0n) is 10.8. The first kappa shape index (κ1) is 14.9. The van der Waals surface area contributed by atoms with Crippen molar-refractivity contribution in [2.24, 2.45) is 0 Å².